The van der Waals surface area contributed by atoms with Crippen LogP contribution in [0.3, 0.4) is 0 Å². The third kappa shape index (κ3) is 3.69. The fourth-order valence-corrected chi connectivity index (χ4v) is 3.64. The first-order valence-corrected chi connectivity index (χ1v) is 8.82. The maximum absolute atomic E-state index is 12.4. The Hall–Kier alpha value is -1.79. The van der Waals surface area contributed by atoms with Crippen molar-refractivity contribution in [3.8, 4) is 0 Å². The van der Waals surface area contributed by atoms with Gasteiger partial charge in [0.1, 0.15) is 10.0 Å². The molecule has 1 aromatic heterocycles. The minimum atomic E-state index is -3.76. The van der Waals surface area contributed by atoms with E-state index in [0.29, 0.717) is 5.69 Å². The van der Waals surface area contributed by atoms with E-state index in [2.05, 4.69) is 28.5 Å². The van der Waals surface area contributed by atoms with Crippen molar-refractivity contribution < 1.29 is 8.42 Å². The number of hydrogen-bond acceptors (Lipinski definition) is 4. The molecule has 0 aliphatic rings. The van der Waals surface area contributed by atoms with Gasteiger partial charge in [0, 0.05) is 25.0 Å². The van der Waals surface area contributed by atoms with Gasteiger partial charge in [0.15, 0.2) is 0 Å². The summed E-state index contributed by atoms with van der Waals surface area (Å²) in [6.07, 6.45) is 1.45. The second-order valence-electron chi connectivity index (χ2n) is 4.62. The second-order valence-corrected chi connectivity index (χ2v) is 6.63. The summed E-state index contributed by atoms with van der Waals surface area (Å²) in [6, 6.07) is 10.2. The van der Waals surface area contributed by atoms with E-state index in [-0.39, 0.29) is 10.0 Å². The third-order valence-electron chi connectivity index (χ3n) is 3.24. The van der Waals surface area contributed by atoms with Crippen LogP contribution in [0.25, 0.3) is 0 Å². The normalized spacial score (nSPS) is 11.2. The Kier molecular flexibility index (Phi) is 5.26. The molecule has 5 nitrogen and oxygen atoms in total. The molecule has 2 rings (SSSR count). The van der Waals surface area contributed by atoms with Crippen LogP contribution in [0.5, 0.6) is 0 Å². The molecule has 0 atom stereocenters. The molecule has 2 aromatic rings. The van der Waals surface area contributed by atoms with E-state index in [9.17, 15) is 8.42 Å². The lowest BCUT2D eigenvalue weighted by molar-refractivity contribution is 0.601. The first kappa shape index (κ1) is 16.6. The van der Waals surface area contributed by atoms with Gasteiger partial charge < -0.3 is 4.90 Å². The van der Waals surface area contributed by atoms with Gasteiger partial charge in [0.25, 0.3) is 10.0 Å². The Labute approximate surface area is 136 Å². The molecule has 0 bridgehead atoms. The van der Waals surface area contributed by atoms with Crippen molar-refractivity contribution in [2.45, 2.75) is 18.7 Å². The molecule has 0 amide bonds. The van der Waals surface area contributed by atoms with Crippen LogP contribution in [-0.2, 0) is 10.0 Å². The third-order valence-corrected chi connectivity index (χ3v) is 5.07. The Morgan fingerprint density at radius 2 is 1.91 bits per heavy atom. The van der Waals surface area contributed by atoms with Gasteiger partial charge in [-0.3, -0.25) is 4.72 Å². The number of sulfonamides is 1. The number of benzene rings is 1. The average molecular weight is 340 g/mol. The van der Waals surface area contributed by atoms with E-state index in [1.165, 1.54) is 18.3 Å². The van der Waals surface area contributed by atoms with E-state index in [1.54, 1.807) is 12.1 Å². The maximum atomic E-state index is 12.4. The topological polar surface area (TPSA) is 62.3 Å². The van der Waals surface area contributed by atoms with E-state index in [1.807, 2.05) is 12.1 Å². The van der Waals surface area contributed by atoms with Crippen LogP contribution >= 0.6 is 11.6 Å². The van der Waals surface area contributed by atoms with E-state index in [4.69, 9.17) is 11.6 Å². The first-order chi connectivity index (χ1) is 10.5. The number of nitrogens with zero attached hydrogens (tertiary/aromatic N) is 2. The van der Waals surface area contributed by atoms with Crippen LogP contribution in [0, 0.1) is 0 Å². The Bertz CT molecular complexity index is 746. The summed E-state index contributed by atoms with van der Waals surface area (Å²) in [4.78, 5) is 5.89. The molecule has 1 N–H and O–H groups in total. The van der Waals surface area contributed by atoms with Gasteiger partial charge in [-0.15, -0.1) is 0 Å². The number of anilines is 2. The zero-order valence-corrected chi connectivity index (χ0v) is 14.0. The van der Waals surface area contributed by atoms with Crippen LogP contribution in [0.4, 0.5) is 11.4 Å². The van der Waals surface area contributed by atoms with Crippen molar-refractivity contribution in [3.63, 3.8) is 0 Å². The van der Waals surface area contributed by atoms with Crippen molar-refractivity contribution in [2.75, 3.05) is 22.7 Å². The van der Waals surface area contributed by atoms with Gasteiger partial charge >= 0.3 is 0 Å². The van der Waals surface area contributed by atoms with E-state index in [0.717, 1.165) is 18.8 Å². The molecule has 0 fully saturated rings. The van der Waals surface area contributed by atoms with Crippen molar-refractivity contribution in [1.82, 2.24) is 4.98 Å². The molecule has 1 aromatic carbocycles. The molecule has 22 heavy (non-hydrogen) atoms. The van der Waals surface area contributed by atoms with Crippen LogP contribution < -0.4 is 9.62 Å². The van der Waals surface area contributed by atoms with Gasteiger partial charge in [0.05, 0.1) is 5.69 Å². The summed E-state index contributed by atoms with van der Waals surface area (Å²) in [5.41, 5.74) is 1.45. The molecule has 0 unspecified atom stereocenters. The van der Waals surface area contributed by atoms with E-state index >= 15 is 0 Å². The second kappa shape index (κ2) is 6.98. The summed E-state index contributed by atoms with van der Waals surface area (Å²) < 4.78 is 27.3. The molecule has 0 aliphatic carbocycles. The molecule has 0 saturated carbocycles. The summed E-state index contributed by atoms with van der Waals surface area (Å²) in [6.45, 7) is 5.80. The summed E-state index contributed by atoms with van der Waals surface area (Å²) in [5, 5.41) is -0.0464. The minimum absolute atomic E-state index is 0.0371. The van der Waals surface area contributed by atoms with Crippen molar-refractivity contribution >= 4 is 33.0 Å². The van der Waals surface area contributed by atoms with Crippen LogP contribution in [-0.4, -0.2) is 26.5 Å². The number of nitrogens with one attached hydrogen (secondary N) is 1. The first-order valence-electron chi connectivity index (χ1n) is 6.96. The lowest BCUT2D eigenvalue weighted by Gasteiger charge is -2.21. The van der Waals surface area contributed by atoms with Crippen LogP contribution in [0.2, 0.25) is 5.15 Å². The number of halogens is 1. The van der Waals surface area contributed by atoms with Crippen LogP contribution in [0.15, 0.2) is 47.5 Å². The zero-order valence-electron chi connectivity index (χ0n) is 12.5. The highest BCUT2D eigenvalue weighted by atomic mass is 35.5. The van der Waals surface area contributed by atoms with Gasteiger partial charge in [0.2, 0.25) is 0 Å². The maximum Gasteiger partial charge on any atom is 0.264 e. The van der Waals surface area contributed by atoms with Gasteiger partial charge in [-0.25, -0.2) is 13.4 Å². The minimum Gasteiger partial charge on any atom is -0.372 e. The zero-order chi connectivity index (χ0) is 16.2. The summed E-state index contributed by atoms with van der Waals surface area (Å²) >= 11 is 5.86. The molecule has 0 saturated heterocycles. The molecule has 0 aliphatic heterocycles. The molecular weight excluding hydrogens is 322 g/mol. The fourth-order valence-electron chi connectivity index (χ4n) is 2.14. The van der Waals surface area contributed by atoms with Gasteiger partial charge in [-0.05, 0) is 44.2 Å². The van der Waals surface area contributed by atoms with Gasteiger partial charge in [-0.1, -0.05) is 17.7 Å². The predicted molar refractivity (Wildman–Crippen MR) is 90.1 cm³/mol. The highest BCUT2D eigenvalue weighted by Gasteiger charge is 2.18. The molecule has 118 valence electrons. The lowest BCUT2D eigenvalue weighted by Crippen LogP contribution is -2.22. The highest BCUT2D eigenvalue weighted by molar-refractivity contribution is 7.92. The molecule has 1 heterocycles. The van der Waals surface area contributed by atoms with Crippen molar-refractivity contribution in [2.24, 2.45) is 0 Å². The Morgan fingerprint density at radius 3 is 2.55 bits per heavy atom. The Balaban J connectivity index is 2.31. The summed E-state index contributed by atoms with van der Waals surface area (Å²) in [5.74, 6) is 0. The largest absolute Gasteiger partial charge is 0.372 e. The number of aromatic nitrogens is 1. The van der Waals surface area contributed by atoms with E-state index < -0.39 is 10.0 Å². The van der Waals surface area contributed by atoms with Crippen molar-refractivity contribution in [1.29, 1.82) is 0 Å². The molecule has 0 radical (unpaired) electrons. The number of pyridine rings is 1. The lowest BCUT2D eigenvalue weighted by atomic mass is 10.2. The molecule has 7 heteroatoms. The molecule has 0 spiro atoms. The standard InChI is InChI=1S/C15H18ClN3O2S/c1-3-19(4-2)13-8-5-7-12(11-13)18-22(20,21)14-9-6-10-17-15(14)16/h5-11,18H,3-4H2,1-2H3. The van der Waals surface area contributed by atoms with Gasteiger partial charge in [-0.2, -0.15) is 0 Å². The SMILES string of the molecule is CCN(CC)c1cccc(NS(=O)(=O)c2cccnc2Cl)c1. The number of hydrogen-bond donors (Lipinski definition) is 1. The van der Waals surface area contributed by atoms with Crippen molar-refractivity contribution in [3.05, 3.63) is 47.7 Å². The highest BCUT2D eigenvalue weighted by Crippen LogP contribution is 2.24. The fraction of sp³-hybridized carbons (Fsp3) is 0.267. The quantitative estimate of drug-likeness (QED) is 0.819. The number of rotatable bonds is 6. The Morgan fingerprint density at radius 1 is 1.18 bits per heavy atom. The smallest absolute Gasteiger partial charge is 0.264 e. The predicted octanol–water partition coefficient (Wildman–Crippen LogP) is 3.38. The summed E-state index contributed by atoms with van der Waals surface area (Å²) in [7, 11) is -3.76. The monoisotopic (exact) mass is 339 g/mol. The average Bonchev–Trinajstić information content (AvgIpc) is 2.48. The molecular formula is C15H18ClN3O2S. The van der Waals surface area contributed by atoms with Crippen LogP contribution in [0.1, 0.15) is 13.8 Å².